The molecule has 9 heteroatoms. The minimum absolute atomic E-state index is 0.0976. The zero-order chi connectivity index (χ0) is 17.7. The van der Waals surface area contributed by atoms with E-state index in [0.29, 0.717) is 11.4 Å². The van der Waals surface area contributed by atoms with Crippen molar-refractivity contribution in [2.45, 2.75) is 31.9 Å². The molecule has 0 radical (unpaired) electrons. The summed E-state index contributed by atoms with van der Waals surface area (Å²) in [5.74, 6) is 0.157. The fourth-order valence-corrected chi connectivity index (χ4v) is 2.35. The molecule has 130 valence electrons. The standard InChI is InChI=1S/C14H20F3N3O2S/c1-13(2,3)23(21)9-8-19-12(18)20-10-4-6-11(7-5-10)22-14(15,16)17/h4-7H,8-9H2,1-3H3,(H3,18,19,20). The van der Waals surface area contributed by atoms with E-state index in [2.05, 4.69) is 15.0 Å². The van der Waals surface area contributed by atoms with E-state index < -0.39 is 17.2 Å². The van der Waals surface area contributed by atoms with Gasteiger partial charge in [-0.25, -0.2) is 0 Å². The number of benzene rings is 1. The monoisotopic (exact) mass is 351 g/mol. The lowest BCUT2D eigenvalue weighted by atomic mass is 10.3. The highest BCUT2D eigenvalue weighted by Crippen LogP contribution is 2.23. The largest absolute Gasteiger partial charge is 0.573 e. The maximum Gasteiger partial charge on any atom is 0.573 e. The fraction of sp³-hybridized carbons (Fsp3) is 0.500. The molecule has 1 aromatic rings. The molecule has 0 amide bonds. The van der Waals surface area contributed by atoms with E-state index in [1.807, 2.05) is 20.8 Å². The molecule has 0 saturated heterocycles. The van der Waals surface area contributed by atoms with Gasteiger partial charge in [-0.05, 0) is 45.0 Å². The third kappa shape index (κ3) is 7.87. The Hall–Kier alpha value is -1.77. The normalized spacial score (nSPS) is 14.4. The minimum Gasteiger partial charge on any atom is -0.406 e. The second-order valence-electron chi connectivity index (χ2n) is 5.63. The Morgan fingerprint density at radius 3 is 2.30 bits per heavy atom. The number of nitrogens with one attached hydrogen (secondary N) is 1. The van der Waals surface area contributed by atoms with Crippen molar-refractivity contribution in [3.05, 3.63) is 24.3 Å². The molecule has 0 heterocycles. The Labute approximate surface area is 135 Å². The number of alkyl halides is 3. The lowest BCUT2D eigenvalue weighted by Crippen LogP contribution is -2.27. The summed E-state index contributed by atoms with van der Waals surface area (Å²) >= 11 is 0. The van der Waals surface area contributed by atoms with E-state index in [0.717, 1.165) is 12.1 Å². The average Bonchev–Trinajstić information content (AvgIpc) is 2.38. The van der Waals surface area contributed by atoms with Gasteiger partial charge in [0.15, 0.2) is 5.96 Å². The molecule has 1 rings (SSSR count). The number of ether oxygens (including phenoxy) is 1. The second-order valence-corrected chi connectivity index (χ2v) is 7.95. The molecule has 0 saturated carbocycles. The molecule has 0 aliphatic carbocycles. The Kier molecular flexibility index (Phi) is 6.43. The van der Waals surface area contributed by atoms with E-state index in [1.165, 1.54) is 12.1 Å². The van der Waals surface area contributed by atoms with Crippen LogP contribution < -0.4 is 15.8 Å². The molecule has 1 aromatic carbocycles. The molecule has 23 heavy (non-hydrogen) atoms. The van der Waals surface area contributed by atoms with Crippen LogP contribution in [-0.4, -0.2) is 33.6 Å². The van der Waals surface area contributed by atoms with Crippen molar-refractivity contribution in [1.82, 2.24) is 0 Å². The van der Waals surface area contributed by atoms with Gasteiger partial charge in [0.05, 0.1) is 6.54 Å². The van der Waals surface area contributed by atoms with Crippen LogP contribution in [0.5, 0.6) is 5.75 Å². The van der Waals surface area contributed by atoms with E-state index in [9.17, 15) is 17.4 Å². The van der Waals surface area contributed by atoms with E-state index in [1.54, 1.807) is 0 Å². The van der Waals surface area contributed by atoms with Crippen molar-refractivity contribution < 1.29 is 22.1 Å². The summed E-state index contributed by atoms with van der Waals surface area (Å²) in [6, 6.07) is 5.10. The van der Waals surface area contributed by atoms with Gasteiger partial charge in [0.2, 0.25) is 0 Å². The van der Waals surface area contributed by atoms with Crippen molar-refractivity contribution in [3.63, 3.8) is 0 Å². The quantitative estimate of drug-likeness (QED) is 0.632. The molecule has 0 bridgehead atoms. The fourth-order valence-electron chi connectivity index (χ4n) is 1.48. The maximum absolute atomic E-state index is 12.0. The molecule has 5 nitrogen and oxygen atoms in total. The minimum atomic E-state index is -4.72. The van der Waals surface area contributed by atoms with Crippen molar-refractivity contribution >= 4 is 22.4 Å². The predicted octanol–water partition coefficient (Wildman–Crippen LogP) is 2.86. The van der Waals surface area contributed by atoms with Crippen LogP contribution in [-0.2, 0) is 10.8 Å². The Bertz CT molecular complexity index is 566. The van der Waals surface area contributed by atoms with E-state index in [4.69, 9.17) is 5.73 Å². The molecule has 0 aliphatic rings. The van der Waals surface area contributed by atoms with Crippen LogP contribution in [0.3, 0.4) is 0 Å². The number of hydrogen-bond donors (Lipinski definition) is 2. The van der Waals surface area contributed by atoms with Gasteiger partial charge in [-0.1, -0.05) is 0 Å². The van der Waals surface area contributed by atoms with Crippen molar-refractivity contribution in [1.29, 1.82) is 0 Å². The van der Waals surface area contributed by atoms with Crippen molar-refractivity contribution in [2.75, 3.05) is 17.6 Å². The van der Waals surface area contributed by atoms with Gasteiger partial charge in [-0.3, -0.25) is 9.20 Å². The van der Waals surface area contributed by atoms with E-state index >= 15 is 0 Å². The van der Waals surface area contributed by atoms with Gasteiger partial charge >= 0.3 is 6.36 Å². The average molecular weight is 351 g/mol. The number of hydrogen-bond acceptors (Lipinski definition) is 3. The first-order valence-electron chi connectivity index (χ1n) is 6.78. The molecule has 1 unspecified atom stereocenters. The first-order chi connectivity index (χ1) is 10.5. The Balaban J connectivity index is 2.52. The molecule has 0 aliphatic heterocycles. The Morgan fingerprint density at radius 2 is 1.83 bits per heavy atom. The number of rotatable bonds is 5. The molecule has 0 fully saturated rings. The second kappa shape index (κ2) is 7.67. The number of guanidine groups is 1. The number of anilines is 1. The third-order valence-corrected chi connectivity index (χ3v) is 4.52. The lowest BCUT2D eigenvalue weighted by Gasteiger charge is -2.16. The molecule has 0 spiro atoms. The van der Waals surface area contributed by atoms with Gasteiger partial charge in [0.25, 0.3) is 0 Å². The third-order valence-electron chi connectivity index (χ3n) is 2.60. The summed E-state index contributed by atoms with van der Waals surface area (Å²) in [6.07, 6.45) is -4.72. The molecular weight excluding hydrogens is 331 g/mol. The van der Waals surface area contributed by atoms with Crippen LogP contribution in [0, 0.1) is 0 Å². The first kappa shape index (κ1) is 19.3. The summed E-state index contributed by atoms with van der Waals surface area (Å²) in [4.78, 5) is 4.03. The summed E-state index contributed by atoms with van der Waals surface area (Å²) < 4.78 is 51.4. The molecule has 1 atom stereocenters. The highest BCUT2D eigenvalue weighted by molar-refractivity contribution is 7.86. The van der Waals surface area contributed by atoms with Crippen LogP contribution in [0.1, 0.15) is 20.8 Å². The summed E-state index contributed by atoms with van der Waals surface area (Å²) in [7, 11) is -1.03. The Morgan fingerprint density at radius 1 is 1.26 bits per heavy atom. The highest BCUT2D eigenvalue weighted by atomic mass is 32.2. The van der Waals surface area contributed by atoms with Gasteiger partial charge in [-0.15, -0.1) is 13.2 Å². The maximum atomic E-state index is 12.0. The van der Waals surface area contributed by atoms with Crippen LogP contribution in [0.25, 0.3) is 0 Å². The lowest BCUT2D eigenvalue weighted by molar-refractivity contribution is -0.274. The zero-order valence-corrected chi connectivity index (χ0v) is 13.9. The van der Waals surface area contributed by atoms with Gasteiger partial charge in [-0.2, -0.15) is 0 Å². The number of nitrogens with two attached hydrogens (primary N) is 1. The van der Waals surface area contributed by atoms with Crippen molar-refractivity contribution in [2.24, 2.45) is 10.7 Å². The number of halogens is 3. The van der Waals surface area contributed by atoms with Gasteiger partial charge < -0.3 is 15.8 Å². The van der Waals surface area contributed by atoms with Gasteiger partial charge in [0, 0.05) is 27.0 Å². The summed E-state index contributed by atoms with van der Waals surface area (Å²) in [5.41, 5.74) is 6.14. The predicted molar refractivity (Wildman–Crippen MR) is 86.0 cm³/mol. The molecular formula is C14H20F3N3O2S. The van der Waals surface area contributed by atoms with Gasteiger partial charge in [0.1, 0.15) is 5.75 Å². The smallest absolute Gasteiger partial charge is 0.406 e. The molecule has 3 N–H and O–H groups in total. The van der Waals surface area contributed by atoms with E-state index in [-0.39, 0.29) is 23.0 Å². The number of nitrogens with zero attached hydrogens (tertiary/aromatic N) is 1. The number of aliphatic imine (C=N–C) groups is 1. The summed E-state index contributed by atoms with van der Waals surface area (Å²) in [5, 5.41) is 2.74. The van der Waals surface area contributed by atoms with Crippen LogP contribution >= 0.6 is 0 Å². The SMILES string of the molecule is CC(C)(C)S(=O)CCN=C(N)Nc1ccc(OC(F)(F)F)cc1. The van der Waals surface area contributed by atoms with Crippen LogP contribution in [0.15, 0.2) is 29.3 Å². The highest BCUT2D eigenvalue weighted by Gasteiger charge is 2.30. The first-order valence-corrected chi connectivity index (χ1v) is 8.10. The molecule has 0 aromatic heterocycles. The zero-order valence-electron chi connectivity index (χ0n) is 13.1. The summed E-state index contributed by atoms with van der Waals surface area (Å²) in [6.45, 7) is 5.91. The van der Waals surface area contributed by atoms with Crippen molar-refractivity contribution in [3.8, 4) is 5.75 Å². The van der Waals surface area contributed by atoms with Crippen LogP contribution in [0.2, 0.25) is 0 Å². The van der Waals surface area contributed by atoms with Crippen LogP contribution in [0.4, 0.5) is 18.9 Å². The topological polar surface area (TPSA) is 76.7 Å².